The standard InChI is InChI=1S/C18H16ClN3O3/c19-12-3-4-13-14(10-12)21-22-18(13)20-17(23)9-11-2-5-15-16(8-11)25-7-1-6-24-15/h2-5,8,10H,1,6-7,9H2,(H2,20,21,22,23). The van der Waals surface area contributed by atoms with Gasteiger partial charge in [0.2, 0.25) is 5.91 Å². The Balaban J connectivity index is 1.49. The lowest BCUT2D eigenvalue weighted by atomic mass is 10.1. The summed E-state index contributed by atoms with van der Waals surface area (Å²) >= 11 is 5.95. The molecule has 0 unspecified atom stereocenters. The maximum Gasteiger partial charge on any atom is 0.230 e. The molecular weight excluding hydrogens is 342 g/mol. The number of halogens is 1. The highest BCUT2D eigenvalue weighted by molar-refractivity contribution is 6.31. The molecule has 4 rings (SSSR count). The van der Waals surface area contributed by atoms with E-state index >= 15 is 0 Å². The number of hydrogen-bond donors (Lipinski definition) is 2. The molecule has 1 aliphatic heterocycles. The number of aromatic nitrogens is 2. The van der Waals surface area contributed by atoms with Gasteiger partial charge in [0.05, 0.1) is 25.2 Å². The van der Waals surface area contributed by atoms with Gasteiger partial charge < -0.3 is 14.8 Å². The number of ether oxygens (including phenoxy) is 2. The molecule has 128 valence electrons. The summed E-state index contributed by atoms with van der Waals surface area (Å²) in [5.41, 5.74) is 1.63. The van der Waals surface area contributed by atoms with Crippen LogP contribution < -0.4 is 14.8 Å². The topological polar surface area (TPSA) is 76.2 Å². The van der Waals surface area contributed by atoms with E-state index in [1.54, 1.807) is 12.1 Å². The minimum atomic E-state index is -0.155. The summed E-state index contributed by atoms with van der Waals surface area (Å²) in [6, 6.07) is 10.9. The van der Waals surface area contributed by atoms with E-state index in [4.69, 9.17) is 21.1 Å². The van der Waals surface area contributed by atoms with Gasteiger partial charge in [-0.25, -0.2) is 0 Å². The van der Waals surface area contributed by atoms with E-state index in [-0.39, 0.29) is 12.3 Å². The largest absolute Gasteiger partial charge is 0.490 e. The van der Waals surface area contributed by atoms with E-state index in [0.29, 0.717) is 29.8 Å². The van der Waals surface area contributed by atoms with Crippen molar-refractivity contribution < 1.29 is 14.3 Å². The molecule has 2 aromatic carbocycles. The Bertz CT molecular complexity index is 938. The number of carbonyl (C=O) groups excluding carboxylic acids is 1. The lowest BCUT2D eigenvalue weighted by molar-refractivity contribution is -0.115. The molecule has 0 bridgehead atoms. The number of H-pyrrole nitrogens is 1. The minimum absolute atomic E-state index is 0.155. The van der Waals surface area contributed by atoms with Gasteiger partial charge in [-0.1, -0.05) is 17.7 Å². The van der Waals surface area contributed by atoms with Gasteiger partial charge in [0.15, 0.2) is 17.3 Å². The lowest BCUT2D eigenvalue weighted by Crippen LogP contribution is -2.15. The van der Waals surface area contributed by atoms with E-state index < -0.39 is 0 Å². The first-order valence-corrected chi connectivity index (χ1v) is 8.39. The van der Waals surface area contributed by atoms with E-state index in [9.17, 15) is 4.79 Å². The predicted octanol–water partition coefficient (Wildman–Crippen LogP) is 3.56. The van der Waals surface area contributed by atoms with Crippen LogP contribution in [0.2, 0.25) is 5.02 Å². The first kappa shape index (κ1) is 15.8. The number of nitrogens with zero attached hydrogens (tertiary/aromatic N) is 1. The molecule has 0 radical (unpaired) electrons. The van der Waals surface area contributed by atoms with Crippen molar-refractivity contribution in [2.75, 3.05) is 18.5 Å². The maximum atomic E-state index is 12.4. The average Bonchev–Trinajstić information content (AvgIpc) is 2.83. The van der Waals surface area contributed by atoms with Crippen molar-refractivity contribution in [2.24, 2.45) is 0 Å². The third-order valence-electron chi connectivity index (χ3n) is 3.96. The Kier molecular flexibility index (Phi) is 4.19. The van der Waals surface area contributed by atoms with Crippen LogP contribution in [0, 0.1) is 0 Å². The first-order chi connectivity index (χ1) is 12.2. The van der Waals surface area contributed by atoms with Crippen LogP contribution in [-0.2, 0) is 11.2 Å². The van der Waals surface area contributed by atoms with Crippen molar-refractivity contribution in [1.29, 1.82) is 0 Å². The Hall–Kier alpha value is -2.73. The molecule has 3 aromatic rings. The van der Waals surface area contributed by atoms with Crippen molar-refractivity contribution >= 4 is 34.2 Å². The minimum Gasteiger partial charge on any atom is -0.490 e. The van der Waals surface area contributed by atoms with Crippen LogP contribution in [0.15, 0.2) is 36.4 Å². The summed E-state index contributed by atoms with van der Waals surface area (Å²) in [6.45, 7) is 1.26. The molecule has 0 aliphatic carbocycles. The summed E-state index contributed by atoms with van der Waals surface area (Å²) in [5, 5.41) is 11.3. The summed E-state index contributed by atoms with van der Waals surface area (Å²) in [7, 11) is 0. The number of amides is 1. The normalized spacial score (nSPS) is 13.5. The third-order valence-corrected chi connectivity index (χ3v) is 4.19. The van der Waals surface area contributed by atoms with Crippen LogP contribution in [0.25, 0.3) is 10.9 Å². The van der Waals surface area contributed by atoms with Gasteiger partial charge in [0.25, 0.3) is 0 Å². The third kappa shape index (κ3) is 3.39. The van der Waals surface area contributed by atoms with Crippen LogP contribution in [0.5, 0.6) is 11.5 Å². The van der Waals surface area contributed by atoms with E-state index in [0.717, 1.165) is 28.6 Å². The van der Waals surface area contributed by atoms with Crippen LogP contribution in [0.1, 0.15) is 12.0 Å². The van der Waals surface area contributed by atoms with E-state index in [1.807, 2.05) is 24.3 Å². The number of aromatic amines is 1. The molecule has 0 saturated carbocycles. The monoisotopic (exact) mass is 357 g/mol. The Labute approximate surface area is 149 Å². The quantitative estimate of drug-likeness (QED) is 0.751. The van der Waals surface area contributed by atoms with Gasteiger partial charge >= 0.3 is 0 Å². The molecule has 2 N–H and O–H groups in total. The number of anilines is 1. The highest BCUT2D eigenvalue weighted by Gasteiger charge is 2.14. The predicted molar refractivity (Wildman–Crippen MR) is 95.5 cm³/mol. The molecule has 1 amide bonds. The summed E-state index contributed by atoms with van der Waals surface area (Å²) in [4.78, 5) is 12.4. The van der Waals surface area contributed by atoms with Gasteiger partial charge in [-0.2, -0.15) is 5.10 Å². The zero-order valence-electron chi connectivity index (χ0n) is 13.3. The van der Waals surface area contributed by atoms with Crippen LogP contribution in [0.4, 0.5) is 5.82 Å². The van der Waals surface area contributed by atoms with Gasteiger partial charge in [-0.3, -0.25) is 9.89 Å². The van der Waals surface area contributed by atoms with Crippen molar-refractivity contribution in [2.45, 2.75) is 12.8 Å². The van der Waals surface area contributed by atoms with Gasteiger partial charge in [-0.15, -0.1) is 0 Å². The maximum absolute atomic E-state index is 12.4. The first-order valence-electron chi connectivity index (χ1n) is 8.01. The van der Waals surface area contributed by atoms with Crippen molar-refractivity contribution in [3.8, 4) is 11.5 Å². The molecule has 2 heterocycles. The summed E-state index contributed by atoms with van der Waals surface area (Å²) < 4.78 is 11.3. The number of fused-ring (bicyclic) bond motifs is 2. The van der Waals surface area contributed by atoms with Gasteiger partial charge in [0.1, 0.15) is 0 Å². The highest BCUT2D eigenvalue weighted by atomic mass is 35.5. The summed E-state index contributed by atoms with van der Waals surface area (Å²) in [6.07, 6.45) is 1.07. The molecular formula is C18H16ClN3O3. The Morgan fingerprint density at radius 3 is 2.88 bits per heavy atom. The lowest BCUT2D eigenvalue weighted by Gasteiger charge is -2.09. The van der Waals surface area contributed by atoms with Crippen molar-refractivity contribution in [3.05, 3.63) is 47.0 Å². The second-order valence-corrected chi connectivity index (χ2v) is 6.26. The Morgan fingerprint density at radius 2 is 2.00 bits per heavy atom. The smallest absolute Gasteiger partial charge is 0.230 e. The molecule has 0 spiro atoms. The number of rotatable bonds is 3. The van der Waals surface area contributed by atoms with Crippen LogP contribution in [-0.4, -0.2) is 29.3 Å². The second kappa shape index (κ2) is 6.64. The molecule has 7 heteroatoms. The zero-order chi connectivity index (χ0) is 17.2. The fourth-order valence-electron chi connectivity index (χ4n) is 2.77. The van der Waals surface area contributed by atoms with Gasteiger partial charge in [0, 0.05) is 16.8 Å². The second-order valence-electron chi connectivity index (χ2n) is 5.82. The number of hydrogen-bond acceptors (Lipinski definition) is 4. The molecule has 0 fully saturated rings. The fraction of sp³-hybridized carbons (Fsp3) is 0.222. The molecule has 6 nitrogen and oxygen atoms in total. The number of benzene rings is 2. The molecule has 25 heavy (non-hydrogen) atoms. The van der Waals surface area contributed by atoms with E-state index in [2.05, 4.69) is 15.5 Å². The van der Waals surface area contributed by atoms with Gasteiger partial charge in [-0.05, 0) is 35.9 Å². The summed E-state index contributed by atoms with van der Waals surface area (Å²) in [5.74, 6) is 1.74. The zero-order valence-corrected chi connectivity index (χ0v) is 14.1. The highest BCUT2D eigenvalue weighted by Crippen LogP contribution is 2.30. The van der Waals surface area contributed by atoms with Crippen molar-refractivity contribution in [3.63, 3.8) is 0 Å². The van der Waals surface area contributed by atoms with Crippen LogP contribution in [0.3, 0.4) is 0 Å². The van der Waals surface area contributed by atoms with Crippen molar-refractivity contribution in [1.82, 2.24) is 10.2 Å². The molecule has 0 saturated heterocycles. The Morgan fingerprint density at radius 1 is 1.16 bits per heavy atom. The SMILES string of the molecule is O=C(Cc1ccc2c(c1)OCCCO2)Nc1n[nH]c2cc(Cl)ccc12. The molecule has 1 aromatic heterocycles. The number of nitrogens with one attached hydrogen (secondary N) is 2. The molecule has 1 aliphatic rings. The molecule has 0 atom stereocenters. The number of carbonyl (C=O) groups is 1. The van der Waals surface area contributed by atoms with Crippen LogP contribution >= 0.6 is 11.6 Å². The fourth-order valence-corrected chi connectivity index (χ4v) is 2.94. The van der Waals surface area contributed by atoms with E-state index in [1.165, 1.54) is 0 Å². The average molecular weight is 358 g/mol.